The third-order valence-electron chi connectivity index (χ3n) is 8.86. The number of pyridine rings is 1. The van der Waals surface area contributed by atoms with Crippen molar-refractivity contribution in [3.8, 4) is 11.4 Å². The molecule has 1 aliphatic heterocycles. The van der Waals surface area contributed by atoms with Gasteiger partial charge >= 0.3 is 5.69 Å². The zero-order valence-electron chi connectivity index (χ0n) is 25.8. The smallest absolute Gasteiger partial charge is 0.368 e. The maximum absolute atomic E-state index is 13.2. The first kappa shape index (κ1) is 31.9. The number of aliphatic hydroxyl groups excluding tert-OH is 1. The van der Waals surface area contributed by atoms with E-state index in [4.69, 9.17) is 4.74 Å². The second-order valence-electron chi connectivity index (χ2n) is 12.2. The van der Waals surface area contributed by atoms with E-state index in [9.17, 15) is 18.3 Å². The number of sulfonamides is 1. The van der Waals surface area contributed by atoms with Crippen molar-refractivity contribution in [2.75, 3.05) is 17.8 Å². The summed E-state index contributed by atoms with van der Waals surface area (Å²) < 4.78 is 37.7. The molecule has 0 spiro atoms. The van der Waals surface area contributed by atoms with Gasteiger partial charge in [0.15, 0.2) is 0 Å². The van der Waals surface area contributed by atoms with Crippen LogP contribution in [0.15, 0.2) is 76.7 Å². The van der Waals surface area contributed by atoms with Crippen LogP contribution in [0.25, 0.3) is 5.69 Å². The molecule has 2 aliphatic rings. The Bertz CT molecular complexity index is 1750. The van der Waals surface area contributed by atoms with Crippen molar-refractivity contribution in [1.82, 2.24) is 30.1 Å². The van der Waals surface area contributed by atoms with Gasteiger partial charge in [-0.2, -0.15) is 9.36 Å². The minimum absolute atomic E-state index is 0.0645. The zero-order chi connectivity index (χ0) is 31.9. The number of ether oxygens (including phenoxy) is 1. The van der Waals surface area contributed by atoms with Gasteiger partial charge < -0.3 is 15.2 Å². The number of nitrogens with one attached hydrogen (secondary N) is 2. The molecule has 2 atom stereocenters. The molecule has 2 unspecified atom stereocenters. The quantitative estimate of drug-likeness (QED) is 0.195. The molecular formula is C33H41N7O5S. The van der Waals surface area contributed by atoms with E-state index in [2.05, 4.69) is 25.4 Å². The topological polar surface area (TPSA) is 153 Å². The molecule has 13 heteroatoms. The van der Waals surface area contributed by atoms with E-state index < -0.39 is 16.1 Å². The number of aromatic nitrogens is 5. The number of nitrogens with zero attached hydrogens (tertiary/aromatic N) is 5. The average molecular weight is 648 g/mol. The number of rotatable bonds is 13. The number of aryl methyl sites for hydroxylation is 2. The lowest BCUT2D eigenvalue weighted by molar-refractivity contribution is 0.146. The number of hydrogen-bond acceptors (Lipinski definition) is 9. The minimum atomic E-state index is -3.88. The molecule has 3 N–H and O–H groups in total. The van der Waals surface area contributed by atoms with E-state index in [0.717, 1.165) is 42.7 Å². The molecule has 1 aliphatic carbocycles. The normalized spacial score (nSPS) is 17.6. The van der Waals surface area contributed by atoms with Crippen LogP contribution in [0.4, 0.5) is 5.69 Å². The minimum Gasteiger partial charge on any atom is -0.489 e. The Morgan fingerprint density at radius 3 is 2.63 bits per heavy atom. The van der Waals surface area contributed by atoms with Crippen LogP contribution in [0.1, 0.15) is 68.6 Å². The van der Waals surface area contributed by atoms with Crippen molar-refractivity contribution in [1.29, 1.82) is 0 Å². The maximum Gasteiger partial charge on any atom is 0.368 e. The lowest BCUT2D eigenvalue weighted by atomic mass is 9.86. The van der Waals surface area contributed by atoms with Gasteiger partial charge in [0.25, 0.3) is 10.0 Å². The Kier molecular flexibility index (Phi) is 10.1. The number of anilines is 1. The van der Waals surface area contributed by atoms with Gasteiger partial charge in [0.05, 0.1) is 16.7 Å². The van der Waals surface area contributed by atoms with Gasteiger partial charge in [0.1, 0.15) is 11.9 Å². The largest absolute Gasteiger partial charge is 0.489 e. The Hall–Kier alpha value is -4.07. The molecule has 0 bridgehead atoms. The van der Waals surface area contributed by atoms with E-state index in [1.54, 1.807) is 48.8 Å². The number of benzene rings is 2. The lowest BCUT2D eigenvalue weighted by Crippen LogP contribution is -2.36. The molecule has 1 saturated carbocycles. The third-order valence-corrected chi connectivity index (χ3v) is 10.3. The second kappa shape index (κ2) is 14.6. The summed E-state index contributed by atoms with van der Waals surface area (Å²) in [5.41, 5.74) is 2.22. The molecule has 3 heterocycles. The summed E-state index contributed by atoms with van der Waals surface area (Å²) in [4.78, 5) is 17.0. The van der Waals surface area contributed by atoms with Crippen molar-refractivity contribution < 1.29 is 18.3 Å². The van der Waals surface area contributed by atoms with E-state index in [0.29, 0.717) is 36.8 Å². The standard InChI is InChI=1S/C33H41N7O5S/c41-31(26-9-4-18-34-21-26)23-35-22-29-14-10-25-20-27(11-17-32(25)45-29)36-46(43,44)30-15-12-28(13-16-30)40-33(42)39(37-38-40)19-5-8-24-6-2-1-3-7-24/h4,9,11-13,15-18,20-21,24,29,31,35-36,41H,1-3,5-8,10,14,19,22-23H2. The van der Waals surface area contributed by atoms with Crippen molar-refractivity contribution in [3.63, 3.8) is 0 Å². The maximum atomic E-state index is 13.2. The molecule has 0 radical (unpaired) electrons. The highest BCUT2D eigenvalue weighted by Gasteiger charge is 2.22. The number of tetrazole rings is 1. The summed E-state index contributed by atoms with van der Waals surface area (Å²) in [7, 11) is -3.88. The monoisotopic (exact) mass is 647 g/mol. The van der Waals surface area contributed by atoms with Gasteiger partial charge in [-0.15, -0.1) is 0 Å². The zero-order valence-corrected chi connectivity index (χ0v) is 26.6. The molecule has 2 aromatic heterocycles. The van der Waals surface area contributed by atoms with Crippen LogP contribution in [0, 0.1) is 5.92 Å². The second-order valence-corrected chi connectivity index (χ2v) is 13.9. The highest BCUT2D eigenvalue weighted by Crippen LogP contribution is 2.31. The van der Waals surface area contributed by atoms with Crippen LogP contribution in [0.2, 0.25) is 0 Å². The van der Waals surface area contributed by atoms with Crippen LogP contribution < -0.4 is 20.5 Å². The van der Waals surface area contributed by atoms with Crippen molar-refractivity contribution in [2.45, 2.75) is 81.4 Å². The van der Waals surface area contributed by atoms with Gasteiger partial charge in [0, 0.05) is 43.3 Å². The number of hydrogen-bond donors (Lipinski definition) is 3. The highest BCUT2D eigenvalue weighted by molar-refractivity contribution is 7.92. The Morgan fingerprint density at radius 1 is 1.02 bits per heavy atom. The first-order valence-electron chi connectivity index (χ1n) is 16.1. The van der Waals surface area contributed by atoms with Gasteiger partial charge in [-0.3, -0.25) is 9.71 Å². The van der Waals surface area contributed by atoms with Crippen molar-refractivity contribution in [3.05, 3.63) is 88.6 Å². The summed E-state index contributed by atoms with van der Waals surface area (Å²) in [6.45, 7) is 1.48. The fraction of sp³-hybridized carbons (Fsp3) is 0.455. The predicted molar refractivity (Wildman–Crippen MR) is 173 cm³/mol. The Morgan fingerprint density at radius 2 is 1.85 bits per heavy atom. The van der Waals surface area contributed by atoms with E-state index in [1.807, 2.05) is 6.07 Å². The van der Waals surface area contributed by atoms with Crippen LogP contribution in [0.3, 0.4) is 0 Å². The van der Waals surface area contributed by atoms with Crippen LogP contribution >= 0.6 is 0 Å². The first-order valence-corrected chi connectivity index (χ1v) is 17.6. The molecule has 2 aromatic carbocycles. The molecule has 244 valence electrons. The van der Waals surface area contributed by atoms with Crippen molar-refractivity contribution >= 4 is 15.7 Å². The summed E-state index contributed by atoms with van der Waals surface area (Å²) in [6.07, 6.45) is 12.5. The molecule has 0 amide bonds. The van der Waals surface area contributed by atoms with Gasteiger partial charge in [0.2, 0.25) is 0 Å². The fourth-order valence-electron chi connectivity index (χ4n) is 6.29. The SMILES string of the molecule is O=c1n(CCCC2CCCCC2)nnn1-c1ccc(S(=O)(=O)Nc2ccc3c(c2)CCC(CNCC(O)c2cccnc2)O3)cc1. The highest BCUT2D eigenvalue weighted by atomic mass is 32.2. The average Bonchev–Trinajstić information content (AvgIpc) is 3.45. The van der Waals surface area contributed by atoms with Gasteiger partial charge in [-0.05, 0) is 96.1 Å². The van der Waals surface area contributed by atoms with Gasteiger partial charge in [-0.25, -0.2) is 13.2 Å². The first-order chi connectivity index (χ1) is 22.4. The molecule has 0 saturated heterocycles. The predicted octanol–water partition coefficient (Wildman–Crippen LogP) is 4.00. The summed E-state index contributed by atoms with van der Waals surface area (Å²) in [5.74, 6) is 1.45. The number of fused-ring (bicyclic) bond motifs is 1. The molecule has 4 aromatic rings. The molecule has 6 rings (SSSR count). The molecule has 1 fully saturated rings. The van der Waals surface area contributed by atoms with Gasteiger partial charge in [-0.1, -0.05) is 38.2 Å². The Balaban J connectivity index is 1.01. The number of aliphatic hydroxyl groups is 1. The van der Waals surface area contributed by atoms with E-state index in [1.165, 1.54) is 53.6 Å². The van der Waals surface area contributed by atoms with Crippen LogP contribution in [-0.4, -0.2) is 57.5 Å². The molecule has 46 heavy (non-hydrogen) atoms. The summed E-state index contributed by atoms with van der Waals surface area (Å²) in [6, 6.07) is 14.9. The third kappa shape index (κ3) is 7.83. The molecular weight excluding hydrogens is 606 g/mol. The summed E-state index contributed by atoms with van der Waals surface area (Å²) in [5, 5.41) is 21.6. The Labute approximate surface area is 268 Å². The fourth-order valence-corrected chi connectivity index (χ4v) is 7.34. The molecule has 12 nitrogen and oxygen atoms in total. The van der Waals surface area contributed by atoms with Crippen molar-refractivity contribution in [2.24, 2.45) is 5.92 Å². The van der Waals surface area contributed by atoms with Crippen LogP contribution in [-0.2, 0) is 23.0 Å². The summed E-state index contributed by atoms with van der Waals surface area (Å²) >= 11 is 0. The van der Waals surface area contributed by atoms with E-state index in [-0.39, 0.29) is 16.7 Å². The van der Waals surface area contributed by atoms with E-state index >= 15 is 0 Å². The van der Waals surface area contributed by atoms with Crippen LogP contribution in [0.5, 0.6) is 5.75 Å². The lowest BCUT2D eigenvalue weighted by Gasteiger charge is -2.27.